The average molecular weight is 371 g/mol. The number of aryl methyl sites for hydroxylation is 1. The van der Waals surface area contributed by atoms with Gasteiger partial charge < -0.3 is 14.6 Å². The molecular weight excluding hydrogens is 347 g/mol. The number of carbonyl (C=O) groups excluding carboxylic acids is 1. The van der Waals surface area contributed by atoms with Crippen molar-refractivity contribution in [2.45, 2.75) is 26.2 Å². The number of hydrogen-bond donors (Lipinski definition) is 1. The Morgan fingerprint density at radius 3 is 2.75 bits per heavy atom. The molecule has 1 amide bonds. The monoisotopic (exact) mass is 370 g/mol. The second kappa shape index (κ2) is 8.24. The first-order chi connectivity index (χ1) is 11.1. The average Bonchev–Trinajstić information content (AvgIpc) is 2.89. The molecular formula is C18H24Cl2N2O2. The van der Waals surface area contributed by atoms with Gasteiger partial charge in [0.05, 0.1) is 0 Å². The Balaban J connectivity index is 0.00000208. The van der Waals surface area contributed by atoms with E-state index < -0.39 is 0 Å². The predicted molar refractivity (Wildman–Crippen MR) is 100 cm³/mol. The van der Waals surface area contributed by atoms with Gasteiger partial charge in [-0.2, -0.15) is 0 Å². The number of piperidine rings is 1. The summed E-state index contributed by atoms with van der Waals surface area (Å²) in [7, 11) is 1.98. The van der Waals surface area contributed by atoms with E-state index in [4.69, 9.17) is 16.0 Å². The molecule has 1 fully saturated rings. The number of nitrogens with one attached hydrogen (secondary N) is 1. The summed E-state index contributed by atoms with van der Waals surface area (Å²) < 4.78 is 5.80. The van der Waals surface area contributed by atoms with E-state index >= 15 is 0 Å². The van der Waals surface area contributed by atoms with Gasteiger partial charge in [0.2, 0.25) is 0 Å². The van der Waals surface area contributed by atoms with Gasteiger partial charge in [-0.3, -0.25) is 4.79 Å². The van der Waals surface area contributed by atoms with Gasteiger partial charge in [-0.15, -0.1) is 12.4 Å². The minimum Gasteiger partial charge on any atom is -0.451 e. The van der Waals surface area contributed by atoms with Crippen molar-refractivity contribution in [2.75, 3.05) is 26.7 Å². The van der Waals surface area contributed by atoms with Crippen LogP contribution in [0.3, 0.4) is 0 Å². The first-order valence-electron chi connectivity index (χ1n) is 8.22. The molecule has 0 aliphatic carbocycles. The summed E-state index contributed by atoms with van der Waals surface area (Å²) in [6.07, 6.45) is 3.32. The lowest BCUT2D eigenvalue weighted by Crippen LogP contribution is -2.39. The number of nitrogens with zero attached hydrogens (tertiary/aromatic N) is 1. The van der Waals surface area contributed by atoms with Crippen molar-refractivity contribution in [2.24, 2.45) is 5.92 Å². The predicted octanol–water partition coefficient (Wildman–Crippen LogP) is 4.28. The molecule has 3 rings (SSSR count). The second-order valence-electron chi connectivity index (χ2n) is 6.32. The molecule has 1 aliphatic rings. The van der Waals surface area contributed by atoms with Crippen molar-refractivity contribution in [1.29, 1.82) is 0 Å². The zero-order valence-electron chi connectivity index (χ0n) is 14.1. The Hall–Kier alpha value is -1.23. The molecule has 1 aromatic carbocycles. The third kappa shape index (κ3) is 3.88. The highest BCUT2D eigenvalue weighted by atomic mass is 35.5. The molecule has 2 aromatic rings. The third-order valence-corrected chi connectivity index (χ3v) is 5.03. The van der Waals surface area contributed by atoms with Crippen molar-refractivity contribution in [1.82, 2.24) is 10.2 Å². The Morgan fingerprint density at radius 1 is 1.38 bits per heavy atom. The first kappa shape index (κ1) is 19.1. The highest BCUT2D eigenvalue weighted by Gasteiger charge is 2.27. The minimum absolute atomic E-state index is 0. The van der Waals surface area contributed by atoms with E-state index in [0.29, 0.717) is 16.7 Å². The standard InChI is InChI=1S/C18H23ClN2O2.ClH/c1-12-15-11-14(19)3-4-16(15)23-17(12)18(22)21-9-6-13(7-10-21)5-8-20-2;/h3-4,11,13,20H,5-10H2,1-2H3;1H. The Labute approximate surface area is 153 Å². The number of likely N-dealkylation sites (tertiary alicyclic amines) is 1. The van der Waals surface area contributed by atoms with Crippen molar-refractivity contribution in [3.63, 3.8) is 0 Å². The molecule has 4 nitrogen and oxygen atoms in total. The van der Waals surface area contributed by atoms with E-state index in [1.807, 2.05) is 31.0 Å². The molecule has 6 heteroatoms. The van der Waals surface area contributed by atoms with Crippen LogP contribution in [0, 0.1) is 12.8 Å². The molecule has 0 radical (unpaired) electrons. The summed E-state index contributed by atoms with van der Waals surface area (Å²) in [6, 6.07) is 5.47. The molecule has 1 N–H and O–H groups in total. The van der Waals surface area contributed by atoms with Crippen LogP contribution in [0.4, 0.5) is 0 Å². The maximum absolute atomic E-state index is 12.8. The summed E-state index contributed by atoms with van der Waals surface area (Å²) in [5.74, 6) is 1.17. The molecule has 1 saturated heterocycles. The van der Waals surface area contributed by atoms with Crippen LogP contribution in [0.5, 0.6) is 0 Å². The van der Waals surface area contributed by atoms with E-state index in [1.165, 1.54) is 6.42 Å². The lowest BCUT2D eigenvalue weighted by molar-refractivity contribution is 0.0656. The lowest BCUT2D eigenvalue weighted by Gasteiger charge is -2.31. The minimum atomic E-state index is 0. The number of rotatable bonds is 4. The highest BCUT2D eigenvalue weighted by molar-refractivity contribution is 6.31. The molecule has 2 heterocycles. The van der Waals surface area contributed by atoms with Gasteiger partial charge in [-0.05, 0) is 63.9 Å². The van der Waals surface area contributed by atoms with Crippen molar-refractivity contribution >= 4 is 40.9 Å². The van der Waals surface area contributed by atoms with Crippen LogP contribution in [0.15, 0.2) is 22.6 Å². The Bertz CT molecular complexity index is 706. The summed E-state index contributed by atoms with van der Waals surface area (Å²) in [4.78, 5) is 14.7. The van der Waals surface area contributed by atoms with E-state index in [9.17, 15) is 4.79 Å². The molecule has 1 aliphatic heterocycles. The van der Waals surface area contributed by atoms with Gasteiger partial charge >= 0.3 is 0 Å². The number of furan rings is 1. The van der Waals surface area contributed by atoms with Crippen LogP contribution >= 0.6 is 24.0 Å². The van der Waals surface area contributed by atoms with Crippen LogP contribution in [-0.4, -0.2) is 37.5 Å². The SMILES string of the molecule is CNCCC1CCN(C(=O)c2oc3ccc(Cl)cc3c2C)CC1.Cl. The molecule has 132 valence electrons. The number of hydrogen-bond acceptors (Lipinski definition) is 3. The fraction of sp³-hybridized carbons (Fsp3) is 0.500. The molecule has 0 bridgehead atoms. The number of amides is 1. The number of benzene rings is 1. The number of fused-ring (bicyclic) bond motifs is 1. The second-order valence-corrected chi connectivity index (χ2v) is 6.76. The van der Waals surface area contributed by atoms with Gasteiger partial charge in [0.1, 0.15) is 5.58 Å². The molecule has 0 atom stereocenters. The largest absolute Gasteiger partial charge is 0.451 e. The summed E-state index contributed by atoms with van der Waals surface area (Å²) in [5.41, 5.74) is 1.60. The topological polar surface area (TPSA) is 45.5 Å². The smallest absolute Gasteiger partial charge is 0.289 e. The Kier molecular flexibility index (Phi) is 6.55. The summed E-state index contributed by atoms with van der Waals surface area (Å²) >= 11 is 6.04. The quantitative estimate of drug-likeness (QED) is 0.873. The number of halogens is 2. The van der Waals surface area contributed by atoms with Gasteiger partial charge in [0.25, 0.3) is 5.91 Å². The maximum Gasteiger partial charge on any atom is 0.289 e. The molecule has 0 spiro atoms. The van der Waals surface area contributed by atoms with E-state index in [0.717, 1.165) is 49.0 Å². The maximum atomic E-state index is 12.8. The van der Waals surface area contributed by atoms with E-state index in [2.05, 4.69) is 5.32 Å². The van der Waals surface area contributed by atoms with Gasteiger partial charge in [-0.25, -0.2) is 0 Å². The van der Waals surface area contributed by atoms with Crippen LogP contribution in [0.1, 0.15) is 35.4 Å². The van der Waals surface area contributed by atoms with Crippen LogP contribution in [-0.2, 0) is 0 Å². The van der Waals surface area contributed by atoms with Crippen molar-refractivity contribution in [3.05, 3.63) is 34.5 Å². The fourth-order valence-corrected chi connectivity index (χ4v) is 3.49. The normalized spacial score (nSPS) is 15.5. The summed E-state index contributed by atoms with van der Waals surface area (Å²) in [6.45, 7) is 4.59. The molecule has 24 heavy (non-hydrogen) atoms. The van der Waals surface area contributed by atoms with E-state index in [-0.39, 0.29) is 18.3 Å². The molecule has 0 unspecified atom stereocenters. The first-order valence-corrected chi connectivity index (χ1v) is 8.60. The zero-order valence-corrected chi connectivity index (χ0v) is 15.7. The molecule has 0 saturated carbocycles. The third-order valence-electron chi connectivity index (χ3n) is 4.80. The van der Waals surface area contributed by atoms with Gasteiger partial charge in [-0.1, -0.05) is 11.6 Å². The summed E-state index contributed by atoms with van der Waals surface area (Å²) in [5, 5.41) is 4.77. The van der Waals surface area contributed by atoms with Crippen molar-refractivity contribution in [3.8, 4) is 0 Å². The van der Waals surface area contributed by atoms with Gasteiger partial charge in [0.15, 0.2) is 5.76 Å². The zero-order chi connectivity index (χ0) is 16.4. The Morgan fingerprint density at radius 2 is 2.08 bits per heavy atom. The lowest BCUT2D eigenvalue weighted by atomic mass is 9.93. The van der Waals surface area contributed by atoms with E-state index in [1.54, 1.807) is 6.07 Å². The van der Waals surface area contributed by atoms with Crippen molar-refractivity contribution < 1.29 is 9.21 Å². The molecule has 1 aromatic heterocycles. The van der Waals surface area contributed by atoms with Crippen LogP contribution in [0.25, 0.3) is 11.0 Å². The highest BCUT2D eigenvalue weighted by Crippen LogP contribution is 2.30. The number of carbonyl (C=O) groups is 1. The fourth-order valence-electron chi connectivity index (χ4n) is 3.31. The van der Waals surface area contributed by atoms with Crippen LogP contribution < -0.4 is 5.32 Å². The van der Waals surface area contributed by atoms with Gasteiger partial charge in [0, 0.05) is 29.1 Å². The van der Waals surface area contributed by atoms with Crippen LogP contribution in [0.2, 0.25) is 5.02 Å².